The summed E-state index contributed by atoms with van der Waals surface area (Å²) in [5.41, 5.74) is 0.573. The lowest BCUT2D eigenvalue weighted by molar-refractivity contribution is -0.141. The number of hydrogen-bond acceptors (Lipinski definition) is 4. The molecule has 1 aromatic carbocycles. The number of amides is 1. The second kappa shape index (κ2) is 6.72. The number of aromatic nitrogens is 3. The Kier molecular flexibility index (Phi) is 4.23. The van der Waals surface area contributed by atoms with E-state index >= 15 is 0 Å². The smallest absolute Gasteiger partial charge is 0.361 e. The minimum absolute atomic E-state index is 0.0698. The zero-order valence-corrected chi connectivity index (χ0v) is 16.1. The summed E-state index contributed by atoms with van der Waals surface area (Å²) in [6.45, 7) is 2.05. The summed E-state index contributed by atoms with van der Waals surface area (Å²) >= 11 is 0. The van der Waals surface area contributed by atoms with E-state index in [1.54, 1.807) is 4.90 Å². The van der Waals surface area contributed by atoms with Crippen molar-refractivity contribution in [1.82, 2.24) is 19.9 Å². The molecule has 2 fully saturated rings. The lowest BCUT2D eigenvalue weighted by Crippen LogP contribution is -2.36. The van der Waals surface area contributed by atoms with Crippen LogP contribution in [0.3, 0.4) is 0 Å². The number of benzene rings is 1. The van der Waals surface area contributed by atoms with Gasteiger partial charge >= 0.3 is 6.18 Å². The van der Waals surface area contributed by atoms with Gasteiger partial charge in [0.1, 0.15) is 17.8 Å². The number of carbonyl (C=O) groups is 1. The van der Waals surface area contributed by atoms with Crippen LogP contribution in [0.25, 0.3) is 10.9 Å². The van der Waals surface area contributed by atoms with Gasteiger partial charge in [0.05, 0.1) is 5.41 Å². The molecule has 2 aliphatic heterocycles. The molecule has 1 amide bonds. The third-order valence-electron chi connectivity index (χ3n) is 6.26. The molecule has 1 N–H and O–H groups in total. The fourth-order valence-electron chi connectivity index (χ4n) is 4.63. The Morgan fingerprint density at radius 2 is 1.93 bits per heavy atom. The number of nitrogens with zero attached hydrogens (tertiary/aromatic N) is 4. The predicted octanol–water partition coefficient (Wildman–Crippen LogP) is 3.61. The lowest BCUT2D eigenvalue weighted by Gasteiger charge is -2.24. The summed E-state index contributed by atoms with van der Waals surface area (Å²) in [6.07, 6.45) is -0.343. The maximum atomic E-state index is 13.3. The van der Waals surface area contributed by atoms with Crippen LogP contribution in [0.4, 0.5) is 19.0 Å². The van der Waals surface area contributed by atoms with Crippen molar-refractivity contribution in [3.8, 4) is 0 Å². The van der Waals surface area contributed by atoms with E-state index < -0.39 is 17.3 Å². The summed E-state index contributed by atoms with van der Waals surface area (Å²) in [5, 5.41) is 1.10. The molecule has 1 unspecified atom stereocenters. The number of nitrogens with one attached hydrogen (secondary N) is 1. The molecule has 30 heavy (non-hydrogen) atoms. The van der Waals surface area contributed by atoms with Crippen LogP contribution in [0.2, 0.25) is 0 Å². The van der Waals surface area contributed by atoms with Crippen molar-refractivity contribution in [3.63, 3.8) is 0 Å². The number of aromatic amines is 1. The van der Waals surface area contributed by atoms with E-state index in [4.69, 9.17) is 0 Å². The molecule has 2 saturated heterocycles. The van der Waals surface area contributed by atoms with Crippen molar-refractivity contribution in [2.75, 3.05) is 24.5 Å². The molecular formula is C21H20F3N5O. The first kappa shape index (κ1) is 18.9. The van der Waals surface area contributed by atoms with Crippen LogP contribution in [0, 0.1) is 5.41 Å². The molecule has 4 heterocycles. The molecular weight excluding hydrogens is 395 g/mol. The van der Waals surface area contributed by atoms with Gasteiger partial charge in [0, 0.05) is 49.3 Å². The Labute approximate surface area is 170 Å². The van der Waals surface area contributed by atoms with Crippen LogP contribution in [-0.4, -0.2) is 45.4 Å². The zero-order chi connectivity index (χ0) is 20.9. The fourth-order valence-corrected chi connectivity index (χ4v) is 4.63. The maximum absolute atomic E-state index is 13.3. The van der Waals surface area contributed by atoms with Crippen molar-refractivity contribution in [2.45, 2.75) is 25.6 Å². The van der Waals surface area contributed by atoms with Gasteiger partial charge in [-0.2, -0.15) is 13.2 Å². The first-order valence-electron chi connectivity index (χ1n) is 9.84. The highest BCUT2D eigenvalue weighted by Crippen LogP contribution is 2.43. The van der Waals surface area contributed by atoms with E-state index in [1.807, 2.05) is 35.4 Å². The number of likely N-dealkylation sites (tertiary alicyclic amines) is 1. The second-order valence-electron chi connectivity index (χ2n) is 8.05. The minimum Gasteiger partial charge on any atom is -0.361 e. The Hall–Kier alpha value is -3.10. The van der Waals surface area contributed by atoms with Crippen LogP contribution >= 0.6 is 0 Å². The van der Waals surface area contributed by atoms with Crippen molar-refractivity contribution in [2.24, 2.45) is 5.41 Å². The maximum Gasteiger partial charge on any atom is 0.433 e. The highest BCUT2D eigenvalue weighted by molar-refractivity contribution is 5.88. The van der Waals surface area contributed by atoms with Crippen molar-refractivity contribution >= 4 is 22.6 Å². The Morgan fingerprint density at radius 1 is 1.13 bits per heavy atom. The van der Waals surface area contributed by atoms with Crippen LogP contribution in [0.1, 0.15) is 24.1 Å². The van der Waals surface area contributed by atoms with E-state index in [0.29, 0.717) is 39.0 Å². The number of anilines is 1. The van der Waals surface area contributed by atoms with E-state index in [0.717, 1.165) is 28.9 Å². The Balaban J connectivity index is 1.33. The quantitative estimate of drug-likeness (QED) is 0.710. The van der Waals surface area contributed by atoms with Crippen molar-refractivity contribution in [3.05, 3.63) is 54.1 Å². The summed E-state index contributed by atoms with van der Waals surface area (Å²) in [6, 6.07) is 8.92. The van der Waals surface area contributed by atoms with E-state index in [2.05, 4.69) is 15.0 Å². The average molecular weight is 415 g/mol. The number of rotatable bonds is 3. The number of alkyl halides is 3. The van der Waals surface area contributed by atoms with Gasteiger partial charge in [0.15, 0.2) is 0 Å². The molecule has 0 bridgehead atoms. The molecule has 0 saturated carbocycles. The molecule has 9 heteroatoms. The summed E-state index contributed by atoms with van der Waals surface area (Å²) in [5.74, 6) is 0.289. The topological polar surface area (TPSA) is 65.1 Å². The van der Waals surface area contributed by atoms with Gasteiger partial charge in [-0.1, -0.05) is 18.2 Å². The highest BCUT2D eigenvalue weighted by atomic mass is 19.4. The number of para-hydroxylation sites is 1. The number of carbonyl (C=O) groups excluding carboxylic acids is 1. The summed E-state index contributed by atoms with van der Waals surface area (Å²) in [4.78, 5) is 27.5. The van der Waals surface area contributed by atoms with Crippen LogP contribution in [-0.2, 0) is 17.5 Å². The molecule has 3 aromatic rings. The number of H-pyrrole nitrogens is 1. The largest absolute Gasteiger partial charge is 0.433 e. The Morgan fingerprint density at radius 3 is 2.77 bits per heavy atom. The lowest BCUT2D eigenvalue weighted by atomic mass is 9.85. The minimum atomic E-state index is -4.52. The molecule has 0 aliphatic carbocycles. The van der Waals surface area contributed by atoms with Gasteiger partial charge in [-0.15, -0.1) is 0 Å². The number of hydrogen-bond donors (Lipinski definition) is 1. The predicted molar refractivity (Wildman–Crippen MR) is 105 cm³/mol. The third kappa shape index (κ3) is 3.09. The molecule has 156 valence electrons. The third-order valence-corrected chi connectivity index (χ3v) is 6.26. The Bertz CT molecular complexity index is 1110. The molecule has 2 aliphatic rings. The van der Waals surface area contributed by atoms with E-state index in [1.165, 1.54) is 0 Å². The van der Waals surface area contributed by atoms with Crippen LogP contribution in [0.5, 0.6) is 0 Å². The van der Waals surface area contributed by atoms with Crippen molar-refractivity contribution in [1.29, 1.82) is 0 Å². The van der Waals surface area contributed by atoms with Gasteiger partial charge in [-0.25, -0.2) is 9.97 Å². The van der Waals surface area contributed by atoms with Gasteiger partial charge < -0.3 is 14.8 Å². The summed E-state index contributed by atoms with van der Waals surface area (Å²) < 4.78 is 38.9. The normalized spacial score (nSPS) is 22.0. The zero-order valence-electron chi connectivity index (χ0n) is 16.1. The molecule has 2 aromatic heterocycles. The molecule has 1 atom stereocenters. The standard InChI is InChI=1S/C21H20F3N5O/c22-21(23,24)17-9-18(27-13-26-17)29-8-6-20(12-29)5-7-28(19(20)30)11-14-10-25-16-4-2-1-3-15(14)16/h1-4,9-10,13,25H,5-8,11-12H2. The SMILES string of the molecule is O=C1N(Cc2c[nH]c3ccccc23)CCC12CCN(c1cc(C(F)(F)F)ncn1)C2. The highest BCUT2D eigenvalue weighted by Gasteiger charge is 2.51. The van der Waals surface area contributed by atoms with E-state index in [-0.39, 0.29) is 11.7 Å². The molecule has 1 spiro atoms. The average Bonchev–Trinajstić information content (AvgIpc) is 3.43. The number of fused-ring (bicyclic) bond motifs is 1. The van der Waals surface area contributed by atoms with Crippen molar-refractivity contribution < 1.29 is 18.0 Å². The molecule has 6 nitrogen and oxygen atoms in total. The van der Waals surface area contributed by atoms with E-state index in [9.17, 15) is 18.0 Å². The first-order valence-corrected chi connectivity index (χ1v) is 9.84. The van der Waals surface area contributed by atoms with Gasteiger partial charge in [-0.05, 0) is 24.5 Å². The summed E-state index contributed by atoms with van der Waals surface area (Å²) in [7, 11) is 0. The molecule has 5 rings (SSSR count). The van der Waals surface area contributed by atoms with Gasteiger partial charge in [0.2, 0.25) is 5.91 Å². The van der Waals surface area contributed by atoms with Crippen LogP contribution in [0.15, 0.2) is 42.9 Å². The first-order chi connectivity index (χ1) is 14.4. The molecule has 0 radical (unpaired) electrons. The number of halogens is 3. The van der Waals surface area contributed by atoms with Crippen LogP contribution < -0.4 is 4.90 Å². The second-order valence-corrected chi connectivity index (χ2v) is 8.05. The van der Waals surface area contributed by atoms with Gasteiger partial charge in [-0.3, -0.25) is 4.79 Å². The van der Waals surface area contributed by atoms with Gasteiger partial charge in [0.25, 0.3) is 0 Å². The monoisotopic (exact) mass is 415 g/mol. The fraction of sp³-hybridized carbons (Fsp3) is 0.381.